The first kappa shape index (κ1) is 15.5. The van der Waals surface area contributed by atoms with E-state index >= 15 is 0 Å². The molecule has 0 bridgehead atoms. The lowest BCUT2D eigenvalue weighted by Gasteiger charge is -2.38. The van der Waals surface area contributed by atoms with Gasteiger partial charge in [0.2, 0.25) is 5.91 Å². The fraction of sp³-hybridized carbons (Fsp3) is 0.933. The van der Waals surface area contributed by atoms with Crippen molar-refractivity contribution in [3.05, 3.63) is 0 Å². The van der Waals surface area contributed by atoms with Crippen LogP contribution in [-0.2, 0) is 4.79 Å². The van der Waals surface area contributed by atoms with Crippen LogP contribution in [-0.4, -0.2) is 25.0 Å². The lowest BCUT2D eigenvalue weighted by Crippen LogP contribution is -2.51. The van der Waals surface area contributed by atoms with Crippen LogP contribution in [0.5, 0.6) is 0 Å². The van der Waals surface area contributed by atoms with Crippen molar-refractivity contribution in [2.45, 2.75) is 60.4 Å². The van der Waals surface area contributed by atoms with Crippen LogP contribution in [0.15, 0.2) is 0 Å². The van der Waals surface area contributed by atoms with E-state index in [4.69, 9.17) is 0 Å². The first-order chi connectivity index (χ1) is 8.15. The van der Waals surface area contributed by atoms with Crippen LogP contribution in [0.3, 0.4) is 0 Å². The summed E-state index contributed by atoms with van der Waals surface area (Å²) in [4.78, 5) is 12.5. The predicted molar refractivity (Wildman–Crippen MR) is 76.4 cm³/mol. The van der Waals surface area contributed by atoms with Crippen molar-refractivity contribution in [2.24, 2.45) is 16.7 Å². The Balaban J connectivity index is 2.63. The van der Waals surface area contributed by atoms with Crippen molar-refractivity contribution < 1.29 is 4.79 Å². The standard InChI is InChI=1S/C15H30N2O/c1-11(14(2,3)4)17-13(18)15(5,6)12-8-7-9-16-10-12/h11-12,16H,7-10H2,1-6H3,(H,17,18). The molecule has 1 aliphatic rings. The van der Waals surface area contributed by atoms with Crippen LogP contribution in [0.4, 0.5) is 0 Å². The highest BCUT2D eigenvalue weighted by Gasteiger charge is 2.38. The number of carbonyl (C=O) groups excluding carboxylic acids is 1. The van der Waals surface area contributed by atoms with Gasteiger partial charge < -0.3 is 10.6 Å². The van der Waals surface area contributed by atoms with E-state index in [9.17, 15) is 4.79 Å². The minimum absolute atomic E-state index is 0.108. The van der Waals surface area contributed by atoms with E-state index in [0.29, 0.717) is 5.92 Å². The van der Waals surface area contributed by atoms with E-state index in [2.05, 4.69) is 52.2 Å². The molecule has 106 valence electrons. The van der Waals surface area contributed by atoms with Gasteiger partial charge in [0, 0.05) is 11.5 Å². The van der Waals surface area contributed by atoms with Gasteiger partial charge in [-0.25, -0.2) is 0 Å². The van der Waals surface area contributed by atoms with Gasteiger partial charge in [-0.2, -0.15) is 0 Å². The van der Waals surface area contributed by atoms with Crippen molar-refractivity contribution in [1.29, 1.82) is 0 Å². The summed E-state index contributed by atoms with van der Waals surface area (Å²) in [6.07, 6.45) is 2.33. The molecule has 1 rings (SSSR count). The lowest BCUT2D eigenvalue weighted by atomic mass is 9.74. The zero-order valence-electron chi connectivity index (χ0n) is 12.9. The molecule has 1 amide bonds. The first-order valence-electron chi connectivity index (χ1n) is 7.17. The summed E-state index contributed by atoms with van der Waals surface area (Å²) < 4.78 is 0. The predicted octanol–water partition coefficient (Wildman–Crippen LogP) is 2.56. The molecule has 2 unspecified atom stereocenters. The molecule has 0 aromatic carbocycles. The molecule has 3 heteroatoms. The smallest absolute Gasteiger partial charge is 0.226 e. The number of nitrogens with one attached hydrogen (secondary N) is 2. The molecule has 2 N–H and O–H groups in total. The fourth-order valence-corrected chi connectivity index (χ4v) is 2.25. The van der Waals surface area contributed by atoms with Gasteiger partial charge in [-0.3, -0.25) is 4.79 Å². The van der Waals surface area contributed by atoms with Crippen LogP contribution in [0.25, 0.3) is 0 Å². The molecular formula is C15H30N2O. The Bertz CT molecular complexity index is 285. The number of carbonyl (C=O) groups is 1. The van der Waals surface area contributed by atoms with Crippen LogP contribution in [0.1, 0.15) is 54.4 Å². The second kappa shape index (κ2) is 5.60. The average Bonchev–Trinajstić information content (AvgIpc) is 2.28. The largest absolute Gasteiger partial charge is 0.353 e. The molecule has 1 aliphatic heterocycles. The van der Waals surface area contributed by atoms with Gasteiger partial charge in [0.1, 0.15) is 0 Å². The number of hydrogen-bond acceptors (Lipinski definition) is 2. The van der Waals surface area contributed by atoms with Gasteiger partial charge in [0.25, 0.3) is 0 Å². The third kappa shape index (κ3) is 3.71. The minimum Gasteiger partial charge on any atom is -0.353 e. The Morgan fingerprint density at radius 3 is 2.33 bits per heavy atom. The van der Waals surface area contributed by atoms with Crippen molar-refractivity contribution >= 4 is 5.91 Å². The average molecular weight is 254 g/mol. The highest BCUT2D eigenvalue weighted by atomic mass is 16.2. The third-order valence-electron chi connectivity index (χ3n) is 4.55. The van der Waals surface area contributed by atoms with Gasteiger partial charge in [0.05, 0.1) is 0 Å². The molecular weight excluding hydrogens is 224 g/mol. The van der Waals surface area contributed by atoms with Crippen LogP contribution in [0, 0.1) is 16.7 Å². The molecule has 18 heavy (non-hydrogen) atoms. The van der Waals surface area contributed by atoms with Crippen molar-refractivity contribution in [1.82, 2.24) is 10.6 Å². The lowest BCUT2D eigenvalue weighted by molar-refractivity contribution is -0.134. The molecule has 1 saturated heterocycles. The Morgan fingerprint density at radius 1 is 1.28 bits per heavy atom. The highest BCUT2D eigenvalue weighted by molar-refractivity contribution is 5.82. The summed E-state index contributed by atoms with van der Waals surface area (Å²) in [7, 11) is 0. The SMILES string of the molecule is CC(NC(=O)C(C)(C)C1CCCNC1)C(C)(C)C. The maximum atomic E-state index is 12.5. The normalized spacial score (nSPS) is 23.6. The maximum Gasteiger partial charge on any atom is 0.226 e. The summed E-state index contributed by atoms with van der Waals surface area (Å²) in [5, 5.41) is 6.59. The zero-order valence-corrected chi connectivity index (χ0v) is 12.9. The van der Waals surface area contributed by atoms with Gasteiger partial charge in [-0.15, -0.1) is 0 Å². The van der Waals surface area contributed by atoms with Crippen molar-refractivity contribution in [3.63, 3.8) is 0 Å². The van der Waals surface area contributed by atoms with E-state index in [-0.39, 0.29) is 22.8 Å². The summed E-state index contributed by atoms with van der Waals surface area (Å²) in [5.74, 6) is 0.636. The van der Waals surface area contributed by atoms with E-state index in [1.54, 1.807) is 0 Å². The number of amides is 1. The van der Waals surface area contributed by atoms with Crippen LogP contribution in [0.2, 0.25) is 0 Å². The Labute approximate surface area is 112 Å². The van der Waals surface area contributed by atoms with Gasteiger partial charge in [-0.05, 0) is 44.2 Å². The molecule has 1 heterocycles. The Kier molecular flexibility index (Phi) is 4.82. The maximum absolute atomic E-state index is 12.5. The minimum atomic E-state index is -0.285. The second-order valence-electron chi connectivity index (χ2n) is 7.33. The van der Waals surface area contributed by atoms with E-state index < -0.39 is 0 Å². The van der Waals surface area contributed by atoms with Crippen LogP contribution >= 0.6 is 0 Å². The van der Waals surface area contributed by atoms with Gasteiger partial charge in [-0.1, -0.05) is 34.6 Å². The molecule has 1 fully saturated rings. The summed E-state index contributed by atoms with van der Waals surface area (Å²) in [5.41, 5.74) is -0.177. The molecule has 0 aromatic rings. The summed E-state index contributed by atoms with van der Waals surface area (Å²) >= 11 is 0. The second-order valence-corrected chi connectivity index (χ2v) is 7.33. The highest BCUT2D eigenvalue weighted by Crippen LogP contribution is 2.32. The zero-order chi connectivity index (χ0) is 14.0. The van der Waals surface area contributed by atoms with Crippen LogP contribution < -0.4 is 10.6 Å². The molecule has 0 aliphatic carbocycles. The Morgan fingerprint density at radius 2 is 1.89 bits per heavy atom. The van der Waals surface area contributed by atoms with Gasteiger partial charge in [0.15, 0.2) is 0 Å². The number of rotatable bonds is 3. The van der Waals surface area contributed by atoms with E-state index in [1.165, 1.54) is 6.42 Å². The topological polar surface area (TPSA) is 41.1 Å². The molecule has 0 spiro atoms. The quantitative estimate of drug-likeness (QED) is 0.812. The number of piperidine rings is 1. The third-order valence-corrected chi connectivity index (χ3v) is 4.55. The van der Waals surface area contributed by atoms with Crippen molar-refractivity contribution in [2.75, 3.05) is 13.1 Å². The first-order valence-corrected chi connectivity index (χ1v) is 7.17. The summed E-state index contributed by atoms with van der Waals surface area (Å²) in [6.45, 7) is 14.8. The molecule has 3 nitrogen and oxygen atoms in total. The Hall–Kier alpha value is -0.570. The van der Waals surface area contributed by atoms with E-state index in [0.717, 1.165) is 19.5 Å². The molecule has 0 aromatic heterocycles. The fourth-order valence-electron chi connectivity index (χ4n) is 2.25. The molecule has 0 saturated carbocycles. The van der Waals surface area contributed by atoms with Crippen molar-refractivity contribution in [3.8, 4) is 0 Å². The monoisotopic (exact) mass is 254 g/mol. The number of hydrogen-bond donors (Lipinski definition) is 2. The molecule has 2 atom stereocenters. The van der Waals surface area contributed by atoms with E-state index in [1.807, 2.05) is 0 Å². The van der Waals surface area contributed by atoms with Gasteiger partial charge >= 0.3 is 0 Å². The molecule has 0 radical (unpaired) electrons. The summed E-state index contributed by atoms with van der Waals surface area (Å²) in [6, 6.07) is 0.195.